The average Bonchev–Trinajstić information content (AvgIpc) is 3.08. The Morgan fingerprint density at radius 3 is 2.91 bits per heavy atom. The molecule has 162 valence electrons. The van der Waals surface area contributed by atoms with Crippen LogP contribution in [0.2, 0.25) is 0 Å². The number of hydrogen-bond acceptors (Lipinski definition) is 6. The normalized spacial score (nSPS) is 13.3. The van der Waals surface area contributed by atoms with E-state index < -0.39 is 5.91 Å². The molecule has 8 nitrogen and oxygen atoms in total. The molecule has 0 unspecified atom stereocenters. The first-order valence-corrected chi connectivity index (χ1v) is 10.4. The summed E-state index contributed by atoms with van der Waals surface area (Å²) in [5.41, 5.74) is 8.13. The van der Waals surface area contributed by atoms with Gasteiger partial charge in [0, 0.05) is 11.9 Å². The fraction of sp³-hybridized carbons (Fsp3) is 0.217. The van der Waals surface area contributed by atoms with Crippen molar-refractivity contribution in [2.75, 3.05) is 11.9 Å². The van der Waals surface area contributed by atoms with Crippen molar-refractivity contribution in [3.63, 3.8) is 0 Å². The number of carbonyl (C=O) groups is 1. The van der Waals surface area contributed by atoms with Gasteiger partial charge in [-0.2, -0.15) is 14.8 Å². The molecule has 4 aromatic rings. The van der Waals surface area contributed by atoms with Gasteiger partial charge in [-0.3, -0.25) is 4.79 Å². The fourth-order valence-electron chi connectivity index (χ4n) is 3.85. The molecule has 2 aromatic heterocycles. The van der Waals surface area contributed by atoms with Crippen LogP contribution in [0.1, 0.15) is 34.5 Å². The molecule has 0 spiro atoms. The Kier molecular flexibility index (Phi) is 5.14. The highest BCUT2D eigenvalue weighted by Crippen LogP contribution is 2.32. The predicted molar refractivity (Wildman–Crippen MR) is 117 cm³/mol. The lowest BCUT2D eigenvalue weighted by Gasteiger charge is -2.15. The molecule has 1 amide bonds. The molecule has 0 bridgehead atoms. The highest BCUT2D eigenvalue weighted by molar-refractivity contribution is 6.05. The second-order valence-electron chi connectivity index (χ2n) is 7.60. The Hall–Kier alpha value is -4.01. The van der Waals surface area contributed by atoms with Gasteiger partial charge in [0.2, 0.25) is 5.91 Å². The number of primary amides is 1. The standard InChI is InChI=1S/C23H21FN6O2/c24-15-6-3-5-14(11-15)12-26-22-20-18(8-1-2-10-32-20)28-23(29-22)30-19-9-4-7-16(21(25)31)17(19)13-27-30/h3-7,9,11,13H,1-2,8,10,12H2,(H2,25,31)(H,26,28,29). The van der Waals surface area contributed by atoms with Crippen molar-refractivity contribution in [1.29, 1.82) is 0 Å². The first kappa shape index (κ1) is 19.9. The van der Waals surface area contributed by atoms with Crippen LogP contribution in [0.25, 0.3) is 16.9 Å². The van der Waals surface area contributed by atoms with Crippen molar-refractivity contribution in [1.82, 2.24) is 19.7 Å². The maximum Gasteiger partial charge on any atom is 0.253 e. The number of hydrogen-bond donors (Lipinski definition) is 2. The van der Waals surface area contributed by atoms with E-state index in [-0.39, 0.29) is 5.82 Å². The fourth-order valence-corrected chi connectivity index (χ4v) is 3.85. The van der Waals surface area contributed by atoms with Crippen LogP contribution in [0, 0.1) is 5.82 Å². The molecule has 0 saturated carbocycles. The first-order valence-electron chi connectivity index (χ1n) is 10.4. The largest absolute Gasteiger partial charge is 0.488 e. The molecule has 5 rings (SSSR count). The third-order valence-corrected chi connectivity index (χ3v) is 5.40. The van der Waals surface area contributed by atoms with Gasteiger partial charge in [-0.1, -0.05) is 18.2 Å². The number of fused-ring (bicyclic) bond motifs is 2. The van der Waals surface area contributed by atoms with E-state index in [0.29, 0.717) is 47.1 Å². The number of nitrogens with one attached hydrogen (secondary N) is 1. The molecule has 0 fully saturated rings. The number of rotatable bonds is 5. The van der Waals surface area contributed by atoms with E-state index in [4.69, 9.17) is 15.5 Å². The molecule has 1 aliphatic rings. The number of amides is 1. The molecule has 0 saturated heterocycles. The van der Waals surface area contributed by atoms with Crippen LogP contribution in [-0.2, 0) is 13.0 Å². The summed E-state index contributed by atoms with van der Waals surface area (Å²) in [7, 11) is 0. The van der Waals surface area contributed by atoms with E-state index >= 15 is 0 Å². The molecule has 0 radical (unpaired) electrons. The van der Waals surface area contributed by atoms with Crippen LogP contribution >= 0.6 is 0 Å². The van der Waals surface area contributed by atoms with Crippen LogP contribution in [0.5, 0.6) is 5.75 Å². The Labute approximate surface area is 183 Å². The van der Waals surface area contributed by atoms with Crippen molar-refractivity contribution >= 4 is 22.6 Å². The van der Waals surface area contributed by atoms with Gasteiger partial charge in [0.25, 0.3) is 5.95 Å². The number of nitrogens with two attached hydrogens (primary N) is 1. The van der Waals surface area contributed by atoms with E-state index in [1.165, 1.54) is 12.1 Å². The molecule has 9 heteroatoms. The summed E-state index contributed by atoms with van der Waals surface area (Å²) in [4.78, 5) is 21.2. The van der Waals surface area contributed by atoms with Crippen LogP contribution < -0.4 is 15.8 Å². The minimum absolute atomic E-state index is 0.295. The minimum Gasteiger partial charge on any atom is -0.488 e. The quantitative estimate of drug-likeness (QED) is 0.501. The zero-order valence-corrected chi connectivity index (χ0v) is 17.2. The lowest BCUT2D eigenvalue weighted by Crippen LogP contribution is -2.13. The molecular weight excluding hydrogens is 411 g/mol. The van der Waals surface area contributed by atoms with Crippen LogP contribution in [0.3, 0.4) is 0 Å². The Morgan fingerprint density at radius 1 is 1.19 bits per heavy atom. The summed E-state index contributed by atoms with van der Waals surface area (Å²) in [6, 6.07) is 11.6. The summed E-state index contributed by atoms with van der Waals surface area (Å²) in [6.07, 6.45) is 4.19. The Balaban J connectivity index is 1.58. The zero-order chi connectivity index (χ0) is 22.1. The highest BCUT2D eigenvalue weighted by Gasteiger charge is 2.21. The summed E-state index contributed by atoms with van der Waals surface area (Å²) < 4.78 is 21.1. The molecular formula is C23H21FN6O2. The zero-order valence-electron chi connectivity index (χ0n) is 17.2. The maximum atomic E-state index is 13.6. The maximum absolute atomic E-state index is 13.6. The SMILES string of the molecule is NC(=O)c1cccc2c1cnn2-c1nc2c(c(NCc3cccc(F)c3)n1)OCCCC2. The van der Waals surface area contributed by atoms with Gasteiger partial charge < -0.3 is 15.8 Å². The van der Waals surface area contributed by atoms with Crippen LogP contribution in [0.15, 0.2) is 48.7 Å². The molecule has 3 heterocycles. The van der Waals surface area contributed by atoms with Gasteiger partial charge in [0.1, 0.15) is 5.82 Å². The summed E-state index contributed by atoms with van der Waals surface area (Å²) >= 11 is 0. The second-order valence-corrected chi connectivity index (χ2v) is 7.60. The third-order valence-electron chi connectivity index (χ3n) is 5.40. The van der Waals surface area contributed by atoms with E-state index in [0.717, 1.165) is 30.5 Å². The molecule has 0 aliphatic carbocycles. The minimum atomic E-state index is -0.524. The van der Waals surface area contributed by atoms with E-state index in [9.17, 15) is 9.18 Å². The predicted octanol–water partition coefficient (Wildman–Crippen LogP) is 3.38. The van der Waals surface area contributed by atoms with Crippen LogP contribution in [0.4, 0.5) is 10.2 Å². The monoisotopic (exact) mass is 432 g/mol. The first-order chi connectivity index (χ1) is 15.6. The van der Waals surface area contributed by atoms with Gasteiger partial charge in [0.05, 0.1) is 29.6 Å². The number of halogens is 1. The number of benzene rings is 2. The van der Waals surface area contributed by atoms with Crippen LogP contribution in [-0.4, -0.2) is 32.3 Å². The highest BCUT2D eigenvalue weighted by atomic mass is 19.1. The molecule has 3 N–H and O–H groups in total. The molecule has 0 atom stereocenters. The van der Waals surface area contributed by atoms with Crippen molar-refractivity contribution < 1.29 is 13.9 Å². The van der Waals surface area contributed by atoms with Crippen molar-refractivity contribution in [2.45, 2.75) is 25.8 Å². The molecule has 32 heavy (non-hydrogen) atoms. The smallest absolute Gasteiger partial charge is 0.253 e. The number of ether oxygens (including phenoxy) is 1. The second kappa shape index (κ2) is 8.26. The van der Waals surface area contributed by atoms with Crippen molar-refractivity contribution in [3.8, 4) is 11.7 Å². The lowest BCUT2D eigenvalue weighted by molar-refractivity contribution is 0.100. The van der Waals surface area contributed by atoms with Gasteiger partial charge >= 0.3 is 0 Å². The number of carbonyl (C=O) groups excluding carboxylic acids is 1. The number of aromatic nitrogens is 4. The van der Waals surface area contributed by atoms with Crippen molar-refractivity contribution in [3.05, 3.63) is 71.3 Å². The van der Waals surface area contributed by atoms with E-state index in [1.54, 1.807) is 29.1 Å². The molecule has 2 aromatic carbocycles. The topological polar surface area (TPSA) is 108 Å². The van der Waals surface area contributed by atoms with Gasteiger partial charge in [-0.05, 0) is 49.1 Å². The lowest BCUT2D eigenvalue weighted by atomic mass is 10.1. The van der Waals surface area contributed by atoms with E-state index in [2.05, 4.69) is 15.4 Å². The Morgan fingerprint density at radius 2 is 2.06 bits per heavy atom. The summed E-state index contributed by atoms with van der Waals surface area (Å²) in [6.45, 7) is 0.951. The van der Waals surface area contributed by atoms with Gasteiger partial charge in [-0.15, -0.1) is 0 Å². The third kappa shape index (κ3) is 3.73. The number of anilines is 1. The molecule has 1 aliphatic heterocycles. The van der Waals surface area contributed by atoms with Crippen molar-refractivity contribution in [2.24, 2.45) is 5.73 Å². The summed E-state index contributed by atoms with van der Waals surface area (Å²) in [5.74, 6) is 0.662. The van der Waals surface area contributed by atoms with Gasteiger partial charge in [-0.25, -0.2) is 9.37 Å². The number of nitrogens with zero attached hydrogens (tertiary/aromatic N) is 4. The van der Waals surface area contributed by atoms with E-state index in [1.807, 2.05) is 12.1 Å². The average molecular weight is 432 g/mol. The van der Waals surface area contributed by atoms with Gasteiger partial charge in [0.15, 0.2) is 11.6 Å². The Bertz CT molecular complexity index is 1320. The number of aryl methyl sites for hydroxylation is 1. The summed E-state index contributed by atoms with van der Waals surface area (Å²) in [5, 5.41) is 8.31.